The largest absolute Gasteiger partial charge is 0.289 e. The molecule has 4 aromatic rings. The molecule has 2 aliphatic rings. The molecule has 172 valence electrons. The summed E-state index contributed by atoms with van der Waals surface area (Å²) in [6, 6.07) is 22.4. The van der Waals surface area contributed by atoms with Crippen molar-refractivity contribution < 1.29 is 24.4 Å². The van der Waals surface area contributed by atoms with Crippen LogP contribution in [0.4, 0.5) is 11.4 Å². The molecule has 7 heteroatoms. The fraction of sp³-hybridized carbons (Fsp3) is 0. The maximum atomic E-state index is 13.2. The zero-order valence-corrected chi connectivity index (χ0v) is 18.6. The Morgan fingerprint density at radius 3 is 1.56 bits per heavy atom. The van der Waals surface area contributed by atoms with Crippen LogP contribution in [0.25, 0.3) is 0 Å². The van der Waals surface area contributed by atoms with Gasteiger partial charge in [-0.05, 0) is 12.1 Å². The van der Waals surface area contributed by atoms with E-state index in [1.54, 1.807) is 72.8 Å². The first-order chi connectivity index (χ1) is 17.5. The quantitative estimate of drug-likeness (QED) is 0.226. The van der Waals surface area contributed by atoms with E-state index in [0.717, 1.165) is 6.34 Å². The van der Waals surface area contributed by atoms with Crippen molar-refractivity contribution in [2.24, 2.45) is 4.99 Å². The second-order valence-corrected chi connectivity index (χ2v) is 8.40. The molecule has 0 saturated carbocycles. The molecule has 1 N–H and O–H groups in total. The van der Waals surface area contributed by atoms with E-state index in [1.165, 1.54) is 12.1 Å². The molecule has 2 aliphatic carbocycles. The Hall–Kier alpha value is -5.01. The molecule has 6 rings (SSSR count). The van der Waals surface area contributed by atoms with E-state index in [2.05, 4.69) is 4.99 Å². The second kappa shape index (κ2) is 8.04. The molecule has 7 nitrogen and oxygen atoms in total. The number of fused-ring (bicyclic) bond motifs is 4. The molecule has 0 fully saturated rings. The summed E-state index contributed by atoms with van der Waals surface area (Å²) in [6.07, 6.45) is 1.04. The van der Waals surface area contributed by atoms with E-state index in [1.807, 2.05) is 0 Å². The third kappa shape index (κ3) is 3.07. The summed E-state index contributed by atoms with van der Waals surface area (Å²) < 4.78 is 0. The highest BCUT2D eigenvalue weighted by Crippen LogP contribution is 2.35. The van der Waals surface area contributed by atoms with Gasteiger partial charge in [-0.15, -0.1) is 0 Å². The summed E-state index contributed by atoms with van der Waals surface area (Å²) in [4.78, 5) is 56.6. The zero-order valence-electron chi connectivity index (χ0n) is 18.6. The third-order valence-corrected chi connectivity index (χ3v) is 6.41. The van der Waals surface area contributed by atoms with E-state index < -0.39 is 5.78 Å². The van der Waals surface area contributed by atoms with Crippen molar-refractivity contribution in [3.05, 3.63) is 129 Å². The van der Waals surface area contributed by atoms with Gasteiger partial charge in [0.25, 0.3) is 0 Å². The smallest absolute Gasteiger partial charge is 0.196 e. The maximum Gasteiger partial charge on any atom is 0.196 e. The van der Waals surface area contributed by atoms with Gasteiger partial charge in [0.2, 0.25) is 0 Å². The van der Waals surface area contributed by atoms with Crippen molar-refractivity contribution in [3.63, 3.8) is 0 Å². The first-order valence-corrected chi connectivity index (χ1v) is 11.1. The molecule has 0 bridgehead atoms. The molecule has 0 heterocycles. The van der Waals surface area contributed by atoms with Crippen molar-refractivity contribution in [2.45, 2.75) is 0 Å². The molecule has 0 radical (unpaired) electrons. The molecular weight excluding hydrogens is 456 g/mol. The number of anilines is 1. The zero-order chi connectivity index (χ0) is 25.0. The van der Waals surface area contributed by atoms with Crippen LogP contribution in [0.3, 0.4) is 0 Å². The lowest BCUT2D eigenvalue weighted by atomic mass is 9.83. The fourth-order valence-corrected chi connectivity index (χ4v) is 4.73. The molecular formula is C29H16N2O5. The first-order valence-electron chi connectivity index (χ1n) is 11.1. The Kier molecular flexibility index (Phi) is 4.81. The second-order valence-electron chi connectivity index (χ2n) is 8.40. The number of carbonyl (C=O) groups excluding carboxylic acids is 4. The summed E-state index contributed by atoms with van der Waals surface area (Å²) in [5.41, 5.74) is 2.06. The van der Waals surface area contributed by atoms with Crippen LogP contribution in [-0.2, 0) is 0 Å². The van der Waals surface area contributed by atoms with Crippen LogP contribution in [0.2, 0.25) is 0 Å². The molecule has 4 aromatic carbocycles. The summed E-state index contributed by atoms with van der Waals surface area (Å²) in [5.74, 6) is -1.32. The van der Waals surface area contributed by atoms with Gasteiger partial charge in [-0.25, -0.2) is 10.1 Å². The number of rotatable bonds is 3. The SMILES string of the molecule is O=C1c2ccccc2C(=O)c2c(/N=C/N(O)c3cccc4c3C(=O)c3ccccc3C4=O)cccc21. The molecule has 0 spiro atoms. The highest BCUT2D eigenvalue weighted by Gasteiger charge is 2.33. The number of nitrogens with zero attached hydrogens (tertiary/aromatic N) is 2. The van der Waals surface area contributed by atoms with Crippen molar-refractivity contribution in [3.8, 4) is 0 Å². The number of hydroxylamine groups is 1. The van der Waals surface area contributed by atoms with Crippen LogP contribution in [0.1, 0.15) is 63.7 Å². The van der Waals surface area contributed by atoms with E-state index in [-0.39, 0.29) is 56.5 Å². The predicted octanol–water partition coefficient (Wildman–Crippen LogP) is 4.79. The van der Waals surface area contributed by atoms with Gasteiger partial charge in [-0.1, -0.05) is 72.8 Å². The molecule has 0 aliphatic heterocycles. The van der Waals surface area contributed by atoms with Crippen LogP contribution in [0.15, 0.2) is 89.9 Å². The average Bonchev–Trinajstić information content (AvgIpc) is 2.92. The Morgan fingerprint density at radius 2 is 0.972 bits per heavy atom. The van der Waals surface area contributed by atoms with Crippen LogP contribution >= 0.6 is 0 Å². The van der Waals surface area contributed by atoms with Crippen molar-refractivity contribution in [1.82, 2.24) is 0 Å². The third-order valence-electron chi connectivity index (χ3n) is 6.41. The van der Waals surface area contributed by atoms with Crippen LogP contribution < -0.4 is 5.06 Å². The van der Waals surface area contributed by atoms with Crippen LogP contribution in [0.5, 0.6) is 0 Å². The normalized spacial score (nSPS) is 13.8. The molecule has 0 saturated heterocycles. The van der Waals surface area contributed by atoms with Gasteiger partial charge in [0.1, 0.15) is 6.34 Å². The van der Waals surface area contributed by atoms with Crippen molar-refractivity contribution in [1.29, 1.82) is 0 Å². The fourth-order valence-electron chi connectivity index (χ4n) is 4.73. The lowest BCUT2D eigenvalue weighted by molar-refractivity contribution is 0.0979. The van der Waals surface area contributed by atoms with Gasteiger partial charge in [-0.2, -0.15) is 0 Å². The number of carbonyl (C=O) groups is 4. The minimum atomic E-state index is -0.391. The lowest BCUT2D eigenvalue weighted by Gasteiger charge is -2.22. The van der Waals surface area contributed by atoms with Crippen LogP contribution in [0, 0.1) is 0 Å². The molecule has 0 atom stereocenters. The van der Waals surface area contributed by atoms with Crippen molar-refractivity contribution in [2.75, 3.05) is 5.06 Å². The Labute approximate surface area is 204 Å². The Bertz CT molecular complexity index is 1690. The Balaban J connectivity index is 1.40. The van der Waals surface area contributed by atoms with Gasteiger partial charge in [-0.3, -0.25) is 24.4 Å². The summed E-state index contributed by atoms with van der Waals surface area (Å²) in [5, 5.41) is 11.5. The minimum absolute atomic E-state index is 0.0606. The average molecular weight is 472 g/mol. The van der Waals surface area contributed by atoms with Crippen LogP contribution in [-0.4, -0.2) is 34.7 Å². The minimum Gasteiger partial charge on any atom is -0.289 e. The monoisotopic (exact) mass is 472 g/mol. The van der Waals surface area contributed by atoms with Gasteiger partial charge in [0, 0.05) is 33.4 Å². The van der Waals surface area contributed by atoms with E-state index in [0.29, 0.717) is 21.8 Å². The molecule has 0 unspecified atom stereocenters. The van der Waals surface area contributed by atoms with Crippen molar-refractivity contribution >= 4 is 40.8 Å². The molecule has 36 heavy (non-hydrogen) atoms. The standard InChI is InChI=1S/C29H16N2O5/c32-26-16-7-1-3-9-18(16)28(34)24-20(26)11-5-13-22(24)30-15-31(36)23-14-6-12-21-25(23)29(35)19-10-4-2-8-17(19)27(21)33/h1-15,36H/b30-15+. The summed E-state index contributed by atoms with van der Waals surface area (Å²) in [7, 11) is 0. The van der Waals surface area contributed by atoms with Gasteiger partial charge in [0.05, 0.1) is 22.5 Å². The highest BCUT2D eigenvalue weighted by atomic mass is 16.5. The van der Waals surface area contributed by atoms with E-state index in [9.17, 15) is 24.4 Å². The van der Waals surface area contributed by atoms with E-state index >= 15 is 0 Å². The predicted molar refractivity (Wildman–Crippen MR) is 132 cm³/mol. The molecule has 0 aromatic heterocycles. The number of hydrogen-bond donors (Lipinski definition) is 1. The van der Waals surface area contributed by atoms with E-state index in [4.69, 9.17) is 0 Å². The molecule has 0 amide bonds. The summed E-state index contributed by atoms with van der Waals surface area (Å²) in [6.45, 7) is 0. The Morgan fingerprint density at radius 1 is 0.528 bits per heavy atom. The van der Waals surface area contributed by atoms with Gasteiger partial charge in [0.15, 0.2) is 23.1 Å². The first kappa shape index (κ1) is 21.5. The summed E-state index contributed by atoms with van der Waals surface area (Å²) >= 11 is 0. The number of hydrogen-bond acceptors (Lipinski definition) is 6. The topological polar surface area (TPSA) is 104 Å². The highest BCUT2D eigenvalue weighted by molar-refractivity contribution is 6.31. The van der Waals surface area contributed by atoms with Gasteiger partial charge < -0.3 is 0 Å². The maximum absolute atomic E-state index is 13.2. The number of ketones is 4. The van der Waals surface area contributed by atoms with Gasteiger partial charge >= 0.3 is 0 Å². The number of benzene rings is 4. The number of aliphatic imine (C=N–C) groups is 1. The lowest BCUT2D eigenvalue weighted by Crippen LogP contribution is -2.26.